The van der Waals surface area contributed by atoms with Gasteiger partial charge in [-0.2, -0.15) is 0 Å². The summed E-state index contributed by atoms with van der Waals surface area (Å²) in [5, 5.41) is 8.64. The van der Waals surface area contributed by atoms with Gasteiger partial charge in [0.25, 0.3) is 0 Å². The molecule has 0 atom stereocenters. The third kappa shape index (κ3) is 3.99. The number of rotatable bonds is 7. The van der Waals surface area contributed by atoms with Crippen LogP contribution in [0.15, 0.2) is 23.1 Å². The quantitative estimate of drug-likeness (QED) is 0.586. The van der Waals surface area contributed by atoms with Crippen LogP contribution in [0.1, 0.15) is 31.2 Å². The SMILES string of the molecule is Cc1c(N)cccc1S(=O)(=O)CCCCCCO. The summed E-state index contributed by atoms with van der Waals surface area (Å²) >= 11 is 0. The summed E-state index contributed by atoms with van der Waals surface area (Å²) in [4.78, 5) is 0.338. The largest absolute Gasteiger partial charge is 0.398 e. The van der Waals surface area contributed by atoms with Crippen molar-refractivity contribution in [3.8, 4) is 0 Å². The Balaban J connectivity index is 2.66. The molecule has 0 aliphatic heterocycles. The Morgan fingerprint density at radius 1 is 1.17 bits per heavy atom. The predicted octanol–water partition coefficient (Wildman–Crippen LogP) is 1.90. The molecular formula is C13H21NO3S. The highest BCUT2D eigenvalue weighted by atomic mass is 32.2. The van der Waals surface area contributed by atoms with E-state index in [0.717, 1.165) is 19.3 Å². The Morgan fingerprint density at radius 2 is 1.83 bits per heavy atom. The Bertz CT molecular complexity index is 483. The molecular weight excluding hydrogens is 250 g/mol. The van der Waals surface area contributed by atoms with Crippen molar-refractivity contribution in [1.29, 1.82) is 0 Å². The van der Waals surface area contributed by atoms with Crippen molar-refractivity contribution in [2.75, 3.05) is 18.1 Å². The molecule has 0 bridgehead atoms. The van der Waals surface area contributed by atoms with Gasteiger partial charge in [-0.15, -0.1) is 0 Å². The Kier molecular flexibility index (Phi) is 5.62. The van der Waals surface area contributed by atoms with Gasteiger partial charge in [-0.25, -0.2) is 8.42 Å². The maximum absolute atomic E-state index is 12.1. The van der Waals surface area contributed by atoms with Gasteiger partial charge in [0.15, 0.2) is 9.84 Å². The van der Waals surface area contributed by atoms with Crippen LogP contribution < -0.4 is 5.73 Å². The Morgan fingerprint density at radius 3 is 2.50 bits per heavy atom. The molecule has 0 aromatic heterocycles. The van der Waals surface area contributed by atoms with Crippen molar-refractivity contribution in [1.82, 2.24) is 0 Å². The number of anilines is 1. The van der Waals surface area contributed by atoms with E-state index in [0.29, 0.717) is 22.6 Å². The summed E-state index contributed by atoms with van der Waals surface area (Å²) in [5.41, 5.74) is 6.86. The normalized spacial score (nSPS) is 11.7. The smallest absolute Gasteiger partial charge is 0.178 e. The van der Waals surface area contributed by atoms with E-state index in [1.54, 1.807) is 25.1 Å². The topological polar surface area (TPSA) is 80.4 Å². The summed E-state index contributed by atoms with van der Waals surface area (Å²) in [6.07, 6.45) is 3.04. The molecule has 0 fully saturated rings. The van der Waals surface area contributed by atoms with Gasteiger partial charge in [0.05, 0.1) is 10.6 Å². The molecule has 1 aromatic rings. The lowest BCUT2D eigenvalue weighted by molar-refractivity contribution is 0.283. The van der Waals surface area contributed by atoms with Crippen LogP contribution in [-0.2, 0) is 9.84 Å². The highest BCUT2D eigenvalue weighted by Gasteiger charge is 2.17. The molecule has 0 spiro atoms. The summed E-state index contributed by atoms with van der Waals surface area (Å²) in [6.45, 7) is 1.90. The molecule has 0 aliphatic carbocycles. The molecule has 1 rings (SSSR count). The zero-order valence-corrected chi connectivity index (χ0v) is 11.5. The van der Waals surface area contributed by atoms with E-state index >= 15 is 0 Å². The zero-order chi connectivity index (χ0) is 13.6. The van der Waals surface area contributed by atoms with E-state index in [4.69, 9.17) is 10.8 Å². The van der Waals surface area contributed by atoms with Gasteiger partial charge in [0.2, 0.25) is 0 Å². The standard InChI is InChI=1S/C13H21NO3S/c1-11-12(14)7-6-8-13(11)18(16,17)10-5-3-2-4-9-15/h6-8,15H,2-5,9-10,14H2,1H3. The third-order valence-electron chi connectivity index (χ3n) is 2.98. The van der Waals surface area contributed by atoms with E-state index in [-0.39, 0.29) is 12.4 Å². The highest BCUT2D eigenvalue weighted by molar-refractivity contribution is 7.91. The lowest BCUT2D eigenvalue weighted by atomic mass is 10.2. The van der Waals surface area contributed by atoms with Crippen molar-refractivity contribution in [2.45, 2.75) is 37.5 Å². The van der Waals surface area contributed by atoms with Gasteiger partial charge >= 0.3 is 0 Å². The molecule has 1 aromatic carbocycles. The summed E-state index contributed by atoms with van der Waals surface area (Å²) < 4.78 is 24.3. The molecule has 0 heterocycles. The first-order valence-corrected chi connectivity index (χ1v) is 7.83. The number of hydrogen-bond donors (Lipinski definition) is 2. The molecule has 0 radical (unpaired) electrons. The minimum atomic E-state index is -3.24. The van der Waals surface area contributed by atoms with Gasteiger partial charge in [-0.3, -0.25) is 0 Å². The number of aliphatic hydroxyl groups is 1. The minimum absolute atomic E-state index is 0.142. The molecule has 0 saturated heterocycles. The monoisotopic (exact) mass is 271 g/mol. The maximum atomic E-state index is 12.1. The second-order valence-electron chi connectivity index (χ2n) is 4.43. The summed E-state index contributed by atoms with van der Waals surface area (Å²) in [5.74, 6) is 0.142. The highest BCUT2D eigenvalue weighted by Crippen LogP contribution is 2.22. The Labute approximate surface area is 109 Å². The lowest BCUT2D eigenvalue weighted by Gasteiger charge is -2.09. The van der Waals surface area contributed by atoms with E-state index in [2.05, 4.69) is 0 Å². The van der Waals surface area contributed by atoms with Crippen molar-refractivity contribution in [2.24, 2.45) is 0 Å². The number of sulfone groups is 1. The third-order valence-corrected chi connectivity index (χ3v) is 4.92. The van der Waals surface area contributed by atoms with Gasteiger partial charge < -0.3 is 10.8 Å². The number of nitrogens with two attached hydrogens (primary N) is 1. The van der Waals surface area contributed by atoms with Crippen LogP contribution in [0, 0.1) is 6.92 Å². The molecule has 18 heavy (non-hydrogen) atoms. The molecule has 3 N–H and O–H groups in total. The predicted molar refractivity (Wildman–Crippen MR) is 73.2 cm³/mol. The average molecular weight is 271 g/mol. The minimum Gasteiger partial charge on any atom is -0.398 e. The number of unbranched alkanes of at least 4 members (excludes halogenated alkanes) is 3. The molecule has 102 valence electrons. The fourth-order valence-electron chi connectivity index (χ4n) is 1.84. The van der Waals surface area contributed by atoms with Gasteiger partial charge in [-0.05, 0) is 37.5 Å². The van der Waals surface area contributed by atoms with Crippen molar-refractivity contribution in [3.63, 3.8) is 0 Å². The van der Waals surface area contributed by atoms with Crippen LogP contribution in [0.2, 0.25) is 0 Å². The first-order chi connectivity index (χ1) is 8.49. The van der Waals surface area contributed by atoms with Crippen molar-refractivity contribution < 1.29 is 13.5 Å². The van der Waals surface area contributed by atoms with E-state index in [1.807, 2.05) is 0 Å². The van der Waals surface area contributed by atoms with Crippen molar-refractivity contribution in [3.05, 3.63) is 23.8 Å². The summed E-state index contributed by atoms with van der Waals surface area (Å²) in [7, 11) is -3.24. The zero-order valence-electron chi connectivity index (χ0n) is 10.7. The second-order valence-corrected chi connectivity index (χ2v) is 6.50. The molecule has 5 heteroatoms. The van der Waals surface area contributed by atoms with E-state index in [9.17, 15) is 8.42 Å². The summed E-state index contributed by atoms with van der Waals surface area (Å²) in [6, 6.07) is 4.98. The molecule has 0 saturated carbocycles. The van der Waals surface area contributed by atoms with Crippen LogP contribution in [0.25, 0.3) is 0 Å². The van der Waals surface area contributed by atoms with E-state index in [1.165, 1.54) is 0 Å². The first-order valence-electron chi connectivity index (χ1n) is 6.18. The van der Waals surface area contributed by atoms with Crippen LogP contribution in [-0.4, -0.2) is 25.9 Å². The van der Waals surface area contributed by atoms with Crippen LogP contribution in [0.4, 0.5) is 5.69 Å². The fourth-order valence-corrected chi connectivity index (χ4v) is 3.51. The van der Waals surface area contributed by atoms with Gasteiger partial charge in [-0.1, -0.05) is 18.9 Å². The molecule has 0 aliphatic rings. The van der Waals surface area contributed by atoms with Crippen LogP contribution in [0.5, 0.6) is 0 Å². The number of aliphatic hydroxyl groups excluding tert-OH is 1. The molecule has 0 unspecified atom stereocenters. The Hall–Kier alpha value is -1.07. The van der Waals surface area contributed by atoms with Crippen LogP contribution >= 0.6 is 0 Å². The lowest BCUT2D eigenvalue weighted by Crippen LogP contribution is -2.09. The van der Waals surface area contributed by atoms with Gasteiger partial charge in [0, 0.05) is 12.3 Å². The number of hydrogen-bond acceptors (Lipinski definition) is 4. The molecule has 0 amide bonds. The van der Waals surface area contributed by atoms with Crippen LogP contribution in [0.3, 0.4) is 0 Å². The van der Waals surface area contributed by atoms with Crippen molar-refractivity contribution >= 4 is 15.5 Å². The first kappa shape index (κ1) is 15.0. The second kappa shape index (κ2) is 6.75. The molecule has 4 nitrogen and oxygen atoms in total. The number of nitrogen functional groups attached to an aromatic ring is 1. The average Bonchev–Trinajstić information content (AvgIpc) is 2.32. The fraction of sp³-hybridized carbons (Fsp3) is 0.538. The van der Waals surface area contributed by atoms with E-state index < -0.39 is 9.84 Å². The van der Waals surface area contributed by atoms with Gasteiger partial charge in [0.1, 0.15) is 0 Å². The maximum Gasteiger partial charge on any atom is 0.178 e. The number of benzene rings is 1.